The van der Waals surface area contributed by atoms with Gasteiger partial charge >= 0.3 is 5.97 Å². The molecule has 12 heteroatoms. The highest BCUT2D eigenvalue weighted by Gasteiger charge is 2.27. The molecule has 3 unspecified atom stereocenters. The van der Waals surface area contributed by atoms with Crippen LogP contribution in [0.2, 0.25) is 0 Å². The van der Waals surface area contributed by atoms with Gasteiger partial charge in [-0.15, -0.1) is 0 Å². The second kappa shape index (κ2) is 11.0. The number of rotatable bonds is 11. The maximum Gasteiger partial charge on any atom is 0.326 e. The van der Waals surface area contributed by atoms with Crippen LogP contribution < -0.4 is 27.4 Å². The Bertz CT molecular complexity index is 552. The Morgan fingerprint density at radius 3 is 2.04 bits per heavy atom. The first-order valence-corrected chi connectivity index (χ1v) is 7.74. The minimum Gasteiger partial charge on any atom is -0.480 e. The SMILES string of the molecule is CC(C)C(NC(=O)CNC(=O)C(CC(N)=O)NC(=O)C(N)CO)C(=O)O. The zero-order valence-corrected chi connectivity index (χ0v) is 14.5. The number of aliphatic carboxylic acids is 1. The first kappa shape index (κ1) is 23.3. The van der Waals surface area contributed by atoms with E-state index in [1.807, 2.05) is 0 Å². The van der Waals surface area contributed by atoms with E-state index in [0.29, 0.717) is 0 Å². The Morgan fingerprint density at radius 1 is 1.04 bits per heavy atom. The zero-order valence-electron chi connectivity index (χ0n) is 14.5. The van der Waals surface area contributed by atoms with E-state index in [2.05, 4.69) is 16.0 Å². The lowest BCUT2D eigenvalue weighted by molar-refractivity contribution is -0.143. The van der Waals surface area contributed by atoms with Gasteiger partial charge in [0, 0.05) is 0 Å². The largest absolute Gasteiger partial charge is 0.480 e. The number of primary amides is 1. The predicted octanol–water partition coefficient (Wildman–Crippen LogP) is -3.99. The lowest BCUT2D eigenvalue weighted by Crippen LogP contribution is -2.55. The minimum absolute atomic E-state index is 0.381. The van der Waals surface area contributed by atoms with Crippen LogP contribution in [-0.4, -0.2) is 71.1 Å². The summed E-state index contributed by atoms with van der Waals surface area (Å²) in [5, 5.41) is 24.3. The molecule has 0 aliphatic rings. The Labute approximate surface area is 149 Å². The Hall–Kier alpha value is -2.73. The van der Waals surface area contributed by atoms with Crippen LogP contribution in [0, 0.1) is 5.92 Å². The Morgan fingerprint density at radius 2 is 1.62 bits per heavy atom. The highest BCUT2D eigenvalue weighted by molar-refractivity contribution is 5.95. The van der Waals surface area contributed by atoms with Crippen LogP contribution >= 0.6 is 0 Å². The third kappa shape index (κ3) is 8.39. The molecule has 0 aromatic carbocycles. The van der Waals surface area contributed by atoms with Crippen molar-refractivity contribution in [2.75, 3.05) is 13.2 Å². The molecule has 0 spiro atoms. The van der Waals surface area contributed by atoms with Crippen molar-refractivity contribution in [1.82, 2.24) is 16.0 Å². The van der Waals surface area contributed by atoms with Crippen LogP contribution in [0.1, 0.15) is 20.3 Å². The van der Waals surface area contributed by atoms with Crippen LogP contribution in [0.3, 0.4) is 0 Å². The molecule has 3 atom stereocenters. The van der Waals surface area contributed by atoms with Gasteiger partial charge in [-0.3, -0.25) is 19.2 Å². The quantitative estimate of drug-likeness (QED) is 0.188. The van der Waals surface area contributed by atoms with Gasteiger partial charge < -0.3 is 37.6 Å². The van der Waals surface area contributed by atoms with E-state index >= 15 is 0 Å². The standard InChI is InChI=1S/C14H25N5O7/c1-6(2)11(14(25)26)19-10(22)4-17-13(24)8(3-9(16)21)18-12(23)7(15)5-20/h6-8,11,20H,3-5,15H2,1-2H3,(H2,16,21)(H,17,24)(H,18,23)(H,19,22)(H,25,26). The lowest BCUT2D eigenvalue weighted by atomic mass is 10.0. The molecule has 0 bridgehead atoms. The predicted molar refractivity (Wildman–Crippen MR) is 88.2 cm³/mol. The molecule has 0 aliphatic carbocycles. The molecule has 148 valence electrons. The summed E-state index contributed by atoms with van der Waals surface area (Å²) >= 11 is 0. The highest BCUT2D eigenvalue weighted by Crippen LogP contribution is 2.01. The topological polar surface area (TPSA) is 214 Å². The van der Waals surface area contributed by atoms with Crippen molar-refractivity contribution >= 4 is 29.6 Å². The van der Waals surface area contributed by atoms with E-state index in [1.165, 1.54) is 0 Å². The molecule has 0 aliphatic heterocycles. The van der Waals surface area contributed by atoms with Gasteiger partial charge in [-0.1, -0.05) is 13.8 Å². The first-order valence-electron chi connectivity index (χ1n) is 7.74. The summed E-state index contributed by atoms with van der Waals surface area (Å²) in [6.45, 7) is 1.94. The fourth-order valence-corrected chi connectivity index (χ4v) is 1.80. The van der Waals surface area contributed by atoms with Crippen molar-refractivity contribution in [2.45, 2.75) is 38.4 Å². The van der Waals surface area contributed by atoms with Crippen LogP contribution in [0.25, 0.3) is 0 Å². The van der Waals surface area contributed by atoms with Gasteiger partial charge in [0.1, 0.15) is 18.1 Å². The maximum atomic E-state index is 12.0. The molecule has 0 heterocycles. The van der Waals surface area contributed by atoms with Crippen LogP contribution in [0.5, 0.6) is 0 Å². The molecule has 0 saturated heterocycles. The van der Waals surface area contributed by atoms with E-state index in [1.54, 1.807) is 13.8 Å². The first-order chi connectivity index (χ1) is 12.0. The number of nitrogens with two attached hydrogens (primary N) is 2. The molecular weight excluding hydrogens is 350 g/mol. The maximum absolute atomic E-state index is 12.0. The molecular formula is C14H25N5O7. The summed E-state index contributed by atoms with van der Waals surface area (Å²) in [5.41, 5.74) is 10.3. The molecule has 0 radical (unpaired) electrons. The normalized spacial score (nSPS) is 14.0. The van der Waals surface area contributed by atoms with Gasteiger partial charge in [-0.2, -0.15) is 0 Å². The van der Waals surface area contributed by atoms with Crippen molar-refractivity contribution in [3.8, 4) is 0 Å². The van der Waals surface area contributed by atoms with E-state index in [9.17, 15) is 24.0 Å². The zero-order chi connectivity index (χ0) is 20.4. The van der Waals surface area contributed by atoms with Crippen LogP contribution in [-0.2, 0) is 24.0 Å². The second-order valence-electron chi connectivity index (χ2n) is 5.87. The number of nitrogens with one attached hydrogen (secondary N) is 3. The molecule has 0 aromatic rings. The number of aliphatic hydroxyl groups is 1. The van der Waals surface area contributed by atoms with Gasteiger partial charge in [-0.05, 0) is 5.92 Å². The molecule has 26 heavy (non-hydrogen) atoms. The van der Waals surface area contributed by atoms with Gasteiger partial charge in [-0.25, -0.2) is 4.79 Å². The fraction of sp³-hybridized carbons (Fsp3) is 0.643. The summed E-state index contributed by atoms with van der Waals surface area (Å²) in [6, 6.07) is -3.84. The van der Waals surface area contributed by atoms with Crippen LogP contribution in [0.15, 0.2) is 0 Å². The average Bonchev–Trinajstić information content (AvgIpc) is 2.54. The molecule has 4 amide bonds. The number of amides is 4. The van der Waals surface area contributed by atoms with Gasteiger partial charge in [0.15, 0.2) is 0 Å². The molecule has 0 saturated carbocycles. The van der Waals surface area contributed by atoms with Crippen molar-refractivity contribution in [3.63, 3.8) is 0 Å². The summed E-state index contributed by atoms with van der Waals surface area (Å²) < 4.78 is 0. The fourth-order valence-electron chi connectivity index (χ4n) is 1.80. The van der Waals surface area contributed by atoms with E-state index < -0.39 is 67.3 Å². The minimum atomic E-state index is -1.40. The van der Waals surface area contributed by atoms with Crippen molar-refractivity contribution in [3.05, 3.63) is 0 Å². The number of aliphatic hydroxyl groups excluding tert-OH is 1. The highest BCUT2D eigenvalue weighted by atomic mass is 16.4. The van der Waals surface area contributed by atoms with Gasteiger partial charge in [0.05, 0.1) is 19.6 Å². The van der Waals surface area contributed by atoms with E-state index in [0.717, 1.165) is 0 Å². The summed E-state index contributed by atoms with van der Waals surface area (Å²) in [5.74, 6) is -5.04. The van der Waals surface area contributed by atoms with E-state index in [4.69, 9.17) is 21.7 Å². The van der Waals surface area contributed by atoms with E-state index in [-0.39, 0.29) is 5.92 Å². The third-order valence-corrected chi connectivity index (χ3v) is 3.24. The summed E-state index contributed by atoms with van der Waals surface area (Å²) in [7, 11) is 0. The number of hydrogen-bond donors (Lipinski definition) is 7. The lowest BCUT2D eigenvalue weighted by Gasteiger charge is -2.20. The smallest absolute Gasteiger partial charge is 0.326 e. The molecule has 0 fully saturated rings. The Kier molecular flexibility index (Phi) is 9.84. The third-order valence-electron chi connectivity index (χ3n) is 3.24. The second-order valence-corrected chi connectivity index (χ2v) is 5.87. The molecule has 9 N–H and O–H groups in total. The van der Waals surface area contributed by atoms with Gasteiger partial charge in [0.2, 0.25) is 23.6 Å². The van der Waals surface area contributed by atoms with Crippen molar-refractivity contribution < 1.29 is 34.2 Å². The molecule has 12 nitrogen and oxygen atoms in total. The number of carbonyl (C=O) groups excluding carboxylic acids is 4. The van der Waals surface area contributed by atoms with Crippen molar-refractivity contribution in [2.24, 2.45) is 17.4 Å². The average molecular weight is 375 g/mol. The number of carboxylic acids is 1. The Balaban J connectivity index is 4.78. The molecule has 0 rings (SSSR count). The van der Waals surface area contributed by atoms with Gasteiger partial charge in [0.25, 0.3) is 0 Å². The monoisotopic (exact) mass is 375 g/mol. The van der Waals surface area contributed by atoms with Crippen molar-refractivity contribution in [1.29, 1.82) is 0 Å². The summed E-state index contributed by atoms with van der Waals surface area (Å²) in [4.78, 5) is 57.5. The summed E-state index contributed by atoms with van der Waals surface area (Å²) in [6.07, 6.45) is -0.554. The number of hydrogen-bond acceptors (Lipinski definition) is 7. The number of carboxylic acid groups (broad SMARTS) is 1. The van der Waals surface area contributed by atoms with Crippen LogP contribution in [0.4, 0.5) is 0 Å². The molecule has 0 aromatic heterocycles. The number of carbonyl (C=O) groups is 5.